The zero-order valence-corrected chi connectivity index (χ0v) is 19.7. The zero-order chi connectivity index (χ0) is 22.1. The molecule has 166 valence electrons. The summed E-state index contributed by atoms with van der Waals surface area (Å²) in [6.07, 6.45) is 17.4. The lowest BCUT2D eigenvalue weighted by Crippen LogP contribution is -2.53. The second-order valence-electron chi connectivity index (χ2n) is 10.8. The Labute approximate surface area is 194 Å². The minimum Gasteiger partial charge on any atom is -0.377 e. The molecule has 0 aliphatic heterocycles. The molecule has 4 aliphatic carbocycles. The summed E-state index contributed by atoms with van der Waals surface area (Å²) in [5.74, 6) is 5.43. The van der Waals surface area contributed by atoms with Crippen molar-refractivity contribution in [3.63, 3.8) is 0 Å². The predicted molar refractivity (Wildman–Crippen MR) is 129 cm³/mol. The summed E-state index contributed by atoms with van der Waals surface area (Å²) < 4.78 is 0. The standard InChI is InChI=1S/C27H31N3OS/c1-4-27(31)15-11-19-17-8-9-20-23-21(29-24(32-23)30-22-7-5-6-16-28-22)12-13-25(20,2)18(17)10-14-26(19,27)3/h1,5-7,9,16-19,31H,8,10-15H2,2-3H3,(H,28,29,30)/t17-,18+,19+,25-,26+,27?/m1/s1. The molecular weight excluding hydrogens is 414 g/mol. The Balaban J connectivity index is 1.34. The number of terminal acetylenes is 1. The van der Waals surface area contributed by atoms with Gasteiger partial charge in [0.1, 0.15) is 11.4 Å². The van der Waals surface area contributed by atoms with Crippen LogP contribution in [0.15, 0.2) is 30.5 Å². The number of fused-ring (bicyclic) bond motifs is 7. The molecule has 2 fully saturated rings. The second-order valence-corrected chi connectivity index (χ2v) is 11.8. The fourth-order valence-electron chi connectivity index (χ4n) is 7.73. The van der Waals surface area contributed by atoms with Gasteiger partial charge in [-0.15, -0.1) is 6.42 Å². The Morgan fingerprint density at radius 1 is 1.19 bits per heavy atom. The molecule has 6 rings (SSSR count). The molecule has 0 aromatic carbocycles. The minimum atomic E-state index is -0.934. The van der Waals surface area contributed by atoms with Gasteiger partial charge in [0.05, 0.1) is 10.6 Å². The van der Waals surface area contributed by atoms with Crippen LogP contribution in [0.4, 0.5) is 10.9 Å². The van der Waals surface area contributed by atoms with Crippen LogP contribution < -0.4 is 5.32 Å². The smallest absolute Gasteiger partial charge is 0.189 e. The molecule has 2 N–H and O–H groups in total. The Hall–Kier alpha value is -2.16. The van der Waals surface area contributed by atoms with Gasteiger partial charge < -0.3 is 10.4 Å². The molecule has 2 saturated carbocycles. The van der Waals surface area contributed by atoms with Gasteiger partial charge in [-0.3, -0.25) is 0 Å². The van der Waals surface area contributed by atoms with Gasteiger partial charge in [-0.2, -0.15) is 0 Å². The fourth-order valence-corrected chi connectivity index (χ4v) is 8.93. The molecule has 5 heteroatoms. The van der Waals surface area contributed by atoms with E-state index in [0.717, 1.165) is 55.9 Å². The normalized spacial score (nSPS) is 39.7. The number of nitrogens with one attached hydrogen (secondary N) is 1. The van der Waals surface area contributed by atoms with Crippen LogP contribution in [-0.4, -0.2) is 20.7 Å². The lowest BCUT2D eigenvalue weighted by atomic mass is 9.47. The van der Waals surface area contributed by atoms with Gasteiger partial charge in [0.25, 0.3) is 0 Å². The molecule has 2 aromatic heterocycles. The average molecular weight is 446 g/mol. The summed E-state index contributed by atoms with van der Waals surface area (Å²) >= 11 is 1.78. The van der Waals surface area contributed by atoms with Crippen LogP contribution in [0.2, 0.25) is 0 Å². The number of aliphatic hydroxyl groups is 1. The van der Waals surface area contributed by atoms with Gasteiger partial charge in [-0.05, 0) is 85.8 Å². The summed E-state index contributed by atoms with van der Waals surface area (Å²) in [6, 6.07) is 5.90. The third kappa shape index (κ3) is 2.66. The van der Waals surface area contributed by atoms with E-state index in [-0.39, 0.29) is 10.8 Å². The first-order chi connectivity index (χ1) is 15.4. The van der Waals surface area contributed by atoms with Crippen molar-refractivity contribution in [1.29, 1.82) is 0 Å². The maximum atomic E-state index is 11.2. The van der Waals surface area contributed by atoms with Gasteiger partial charge in [-0.25, -0.2) is 9.97 Å². The Bertz CT molecular complexity index is 1130. The van der Waals surface area contributed by atoms with Crippen LogP contribution in [0.1, 0.15) is 62.9 Å². The molecule has 0 radical (unpaired) electrons. The molecule has 0 bridgehead atoms. The molecule has 1 unspecified atom stereocenters. The first kappa shape index (κ1) is 20.4. The molecular formula is C27H31N3OS. The second kappa shape index (κ2) is 6.92. The van der Waals surface area contributed by atoms with E-state index in [2.05, 4.69) is 36.1 Å². The van der Waals surface area contributed by atoms with Crippen molar-refractivity contribution in [2.45, 2.75) is 64.4 Å². The van der Waals surface area contributed by atoms with Crippen molar-refractivity contribution in [2.24, 2.45) is 28.6 Å². The van der Waals surface area contributed by atoms with E-state index in [0.29, 0.717) is 17.8 Å². The number of hydrogen-bond acceptors (Lipinski definition) is 5. The van der Waals surface area contributed by atoms with E-state index >= 15 is 0 Å². The number of pyridine rings is 1. The average Bonchev–Trinajstić information content (AvgIpc) is 3.32. The summed E-state index contributed by atoms with van der Waals surface area (Å²) in [5, 5.41) is 15.6. The maximum Gasteiger partial charge on any atom is 0.189 e. The number of anilines is 2. The SMILES string of the molecule is C#CC1(O)CC[C@H]2[C@@H]3CC=C4c5sc(Nc6ccccn6)nc5CC[C@]4(C)[C@H]3CC[C@@]21C. The predicted octanol–water partition coefficient (Wildman–Crippen LogP) is 5.83. The van der Waals surface area contributed by atoms with E-state index in [1.807, 2.05) is 18.2 Å². The summed E-state index contributed by atoms with van der Waals surface area (Å²) in [7, 11) is 0. The zero-order valence-electron chi connectivity index (χ0n) is 18.9. The lowest BCUT2D eigenvalue weighted by molar-refractivity contribution is -0.0886. The Kier molecular flexibility index (Phi) is 4.42. The lowest BCUT2D eigenvalue weighted by Gasteiger charge is -2.57. The number of rotatable bonds is 2. The highest BCUT2D eigenvalue weighted by molar-refractivity contribution is 7.16. The van der Waals surface area contributed by atoms with E-state index < -0.39 is 5.60 Å². The van der Waals surface area contributed by atoms with Crippen molar-refractivity contribution >= 4 is 27.9 Å². The highest BCUT2D eigenvalue weighted by atomic mass is 32.1. The maximum absolute atomic E-state index is 11.2. The first-order valence-electron chi connectivity index (χ1n) is 12.0. The third-order valence-electron chi connectivity index (χ3n) is 9.58. The highest BCUT2D eigenvalue weighted by Crippen LogP contribution is 2.68. The van der Waals surface area contributed by atoms with Gasteiger partial charge in [0, 0.05) is 11.6 Å². The minimum absolute atomic E-state index is 0.144. The number of allylic oxidation sites excluding steroid dienone is 2. The summed E-state index contributed by atoms with van der Waals surface area (Å²) in [5.41, 5.74) is 1.86. The Morgan fingerprint density at radius 3 is 2.81 bits per heavy atom. The molecule has 0 amide bonds. The first-order valence-corrected chi connectivity index (χ1v) is 12.8. The summed E-state index contributed by atoms with van der Waals surface area (Å²) in [4.78, 5) is 10.7. The van der Waals surface area contributed by atoms with Crippen molar-refractivity contribution in [3.8, 4) is 12.3 Å². The topological polar surface area (TPSA) is 58.0 Å². The van der Waals surface area contributed by atoms with Gasteiger partial charge in [0.2, 0.25) is 0 Å². The van der Waals surface area contributed by atoms with Crippen molar-refractivity contribution < 1.29 is 5.11 Å². The van der Waals surface area contributed by atoms with Crippen LogP contribution in [-0.2, 0) is 6.42 Å². The molecule has 2 heterocycles. The summed E-state index contributed by atoms with van der Waals surface area (Å²) in [6.45, 7) is 4.76. The molecule has 0 spiro atoms. The van der Waals surface area contributed by atoms with Gasteiger partial charge in [-0.1, -0.05) is 43.2 Å². The van der Waals surface area contributed by atoms with Crippen LogP contribution >= 0.6 is 11.3 Å². The number of hydrogen-bond donors (Lipinski definition) is 2. The number of thiazole rings is 1. The number of nitrogens with zero attached hydrogens (tertiary/aromatic N) is 2. The number of aromatic nitrogens is 2. The van der Waals surface area contributed by atoms with Crippen molar-refractivity contribution in [2.75, 3.05) is 5.32 Å². The highest BCUT2D eigenvalue weighted by Gasteiger charge is 2.63. The van der Waals surface area contributed by atoms with Crippen molar-refractivity contribution in [3.05, 3.63) is 41.0 Å². The van der Waals surface area contributed by atoms with Crippen molar-refractivity contribution in [1.82, 2.24) is 9.97 Å². The third-order valence-corrected chi connectivity index (χ3v) is 10.6. The van der Waals surface area contributed by atoms with Crippen LogP contribution in [0.25, 0.3) is 5.57 Å². The van der Waals surface area contributed by atoms with E-state index in [1.165, 1.54) is 16.1 Å². The van der Waals surface area contributed by atoms with Gasteiger partial charge >= 0.3 is 0 Å². The van der Waals surface area contributed by atoms with E-state index in [1.54, 1.807) is 17.5 Å². The fraction of sp³-hybridized carbons (Fsp3) is 0.556. The monoisotopic (exact) mass is 445 g/mol. The molecule has 2 aromatic rings. The van der Waals surface area contributed by atoms with Gasteiger partial charge in [0.15, 0.2) is 5.13 Å². The number of aryl methyl sites for hydroxylation is 1. The van der Waals surface area contributed by atoms with E-state index in [4.69, 9.17) is 11.4 Å². The molecule has 4 nitrogen and oxygen atoms in total. The largest absolute Gasteiger partial charge is 0.377 e. The Morgan fingerprint density at radius 2 is 2.03 bits per heavy atom. The van der Waals surface area contributed by atoms with Crippen LogP contribution in [0, 0.1) is 40.9 Å². The molecule has 4 aliphatic rings. The van der Waals surface area contributed by atoms with Crippen LogP contribution in [0.3, 0.4) is 0 Å². The molecule has 32 heavy (non-hydrogen) atoms. The van der Waals surface area contributed by atoms with E-state index in [9.17, 15) is 5.11 Å². The molecule has 0 saturated heterocycles. The quantitative estimate of drug-likeness (QED) is 0.571. The van der Waals surface area contributed by atoms with Crippen LogP contribution in [0.5, 0.6) is 0 Å². The molecule has 6 atom stereocenters.